The molecule has 74 valence electrons. The number of carbonyl (C=O) groups is 1. The summed E-state index contributed by atoms with van der Waals surface area (Å²) in [4.78, 5) is 12.7. The molecule has 4 N–H and O–H groups in total. The van der Waals surface area contributed by atoms with Gasteiger partial charge in [0.1, 0.15) is 18.3 Å². The SMILES string of the molecule is [N-]=[N+]=NC(=O)[C@@H](O)[C@@H](O)[C@@H](O)CO. The largest absolute Gasteiger partial charge is 0.394 e. The first-order chi connectivity index (χ1) is 6.04. The summed E-state index contributed by atoms with van der Waals surface area (Å²) in [6.45, 7) is -0.818. The Morgan fingerprint density at radius 1 is 1.46 bits per heavy atom. The molecule has 13 heavy (non-hydrogen) atoms. The van der Waals surface area contributed by atoms with E-state index in [0.29, 0.717) is 0 Å². The summed E-state index contributed by atoms with van der Waals surface area (Å²) in [5.41, 5.74) is 7.80. The second-order valence-electron chi connectivity index (χ2n) is 2.21. The maximum Gasteiger partial charge on any atom is 0.250 e. The fourth-order valence-corrected chi connectivity index (χ4v) is 0.568. The number of nitrogens with zero attached hydrogens (tertiary/aromatic N) is 3. The summed E-state index contributed by atoms with van der Waals surface area (Å²) >= 11 is 0. The highest BCUT2D eigenvalue weighted by molar-refractivity contribution is 5.81. The first kappa shape index (κ1) is 11.8. The highest BCUT2D eigenvalue weighted by atomic mass is 16.4. The van der Waals surface area contributed by atoms with Crippen molar-refractivity contribution in [1.29, 1.82) is 0 Å². The first-order valence-corrected chi connectivity index (χ1v) is 3.28. The molecule has 0 saturated carbocycles. The van der Waals surface area contributed by atoms with E-state index < -0.39 is 30.8 Å². The number of aliphatic hydroxyl groups is 4. The minimum atomic E-state index is -2.03. The van der Waals surface area contributed by atoms with E-state index in [4.69, 9.17) is 26.0 Å². The van der Waals surface area contributed by atoms with Crippen LogP contribution in [0, 0.1) is 0 Å². The maximum atomic E-state index is 10.6. The monoisotopic (exact) mass is 191 g/mol. The molecule has 0 aromatic rings. The molecule has 0 aliphatic carbocycles. The van der Waals surface area contributed by atoms with Crippen LogP contribution in [0.25, 0.3) is 10.4 Å². The molecular formula is C5H9N3O5. The van der Waals surface area contributed by atoms with Crippen molar-refractivity contribution < 1.29 is 25.2 Å². The number of azide groups is 1. The van der Waals surface area contributed by atoms with Gasteiger partial charge < -0.3 is 20.4 Å². The van der Waals surface area contributed by atoms with Crippen molar-refractivity contribution in [3.63, 3.8) is 0 Å². The Bertz CT molecular complexity index is 226. The maximum absolute atomic E-state index is 10.6. The Kier molecular flexibility index (Phi) is 4.97. The topological polar surface area (TPSA) is 147 Å². The summed E-state index contributed by atoms with van der Waals surface area (Å²) in [5.74, 6) is -1.32. The molecule has 0 heterocycles. The number of rotatable bonds is 4. The van der Waals surface area contributed by atoms with Gasteiger partial charge in [0.15, 0.2) is 0 Å². The molecule has 8 heteroatoms. The lowest BCUT2D eigenvalue weighted by atomic mass is 10.1. The predicted molar refractivity (Wildman–Crippen MR) is 39.3 cm³/mol. The van der Waals surface area contributed by atoms with Gasteiger partial charge in [-0.15, -0.1) is 0 Å². The van der Waals surface area contributed by atoms with E-state index in [1.165, 1.54) is 0 Å². The smallest absolute Gasteiger partial charge is 0.250 e. The number of hydrogen-bond acceptors (Lipinski definition) is 5. The molecule has 3 atom stereocenters. The molecule has 0 aliphatic heterocycles. The van der Waals surface area contributed by atoms with Gasteiger partial charge in [-0.05, 0) is 10.6 Å². The minimum Gasteiger partial charge on any atom is -0.394 e. The minimum absolute atomic E-state index is 0.818. The van der Waals surface area contributed by atoms with Gasteiger partial charge in [0.2, 0.25) is 5.91 Å². The van der Waals surface area contributed by atoms with Crippen molar-refractivity contribution in [3.8, 4) is 0 Å². The lowest BCUT2D eigenvalue weighted by Gasteiger charge is -2.18. The van der Waals surface area contributed by atoms with Crippen molar-refractivity contribution in [2.24, 2.45) is 5.11 Å². The van der Waals surface area contributed by atoms with Crippen LogP contribution >= 0.6 is 0 Å². The number of aliphatic hydroxyl groups excluding tert-OH is 4. The first-order valence-electron chi connectivity index (χ1n) is 3.28. The van der Waals surface area contributed by atoms with Crippen LogP contribution in [0.1, 0.15) is 0 Å². The normalized spacial score (nSPS) is 16.9. The van der Waals surface area contributed by atoms with Crippen LogP contribution < -0.4 is 0 Å². The highest BCUT2D eigenvalue weighted by Gasteiger charge is 2.28. The molecule has 1 amide bonds. The fraction of sp³-hybridized carbons (Fsp3) is 0.800. The van der Waals surface area contributed by atoms with E-state index in [0.717, 1.165) is 0 Å². The van der Waals surface area contributed by atoms with Crippen LogP contribution in [0.5, 0.6) is 0 Å². The number of carbonyl (C=O) groups excluding carboxylic acids is 1. The molecule has 0 spiro atoms. The van der Waals surface area contributed by atoms with Gasteiger partial charge in [-0.2, -0.15) is 0 Å². The van der Waals surface area contributed by atoms with Crippen molar-refractivity contribution in [1.82, 2.24) is 0 Å². The summed E-state index contributed by atoms with van der Waals surface area (Å²) in [6, 6.07) is 0. The molecule has 0 bridgehead atoms. The van der Waals surface area contributed by atoms with E-state index in [2.05, 4.69) is 10.0 Å². The van der Waals surface area contributed by atoms with Gasteiger partial charge >= 0.3 is 0 Å². The summed E-state index contributed by atoms with van der Waals surface area (Å²) < 4.78 is 0. The predicted octanol–water partition coefficient (Wildman–Crippen LogP) is -2.10. The second-order valence-corrected chi connectivity index (χ2v) is 2.21. The van der Waals surface area contributed by atoms with E-state index in [1.807, 2.05) is 0 Å². The van der Waals surface area contributed by atoms with E-state index >= 15 is 0 Å². The Hall–Kier alpha value is -1.18. The fourth-order valence-electron chi connectivity index (χ4n) is 0.568. The summed E-state index contributed by atoms with van der Waals surface area (Å²) in [7, 11) is 0. The molecule has 0 radical (unpaired) electrons. The molecule has 0 unspecified atom stereocenters. The molecule has 0 aliphatic rings. The zero-order valence-corrected chi connectivity index (χ0v) is 6.48. The molecule has 0 aromatic heterocycles. The third kappa shape index (κ3) is 3.36. The van der Waals surface area contributed by atoms with E-state index in [1.54, 1.807) is 0 Å². The van der Waals surface area contributed by atoms with Gasteiger partial charge in [0.05, 0.1) is 6.61 Å². The molecule has 0 aromatic carbocycles. The van der Waals surface area contributed by atoms with Crippen molar-refractivity contribution >= 4 is 5.91 Å². The standard InChI is InChI=1S/C5H9N3O5/c6-8-7-5(13)4(12)3(11)2(10)1-9/h2-4,9-12H,1H2/t2-,3-,4-/m0/s1. The molecule has 0 saturated heterocycles. The summed E-state index contributed by atoms with van der Waals surface area (Å²) in [6.07, 6.45) is -5.56. The third-order valence-electron chi connectivity index (χ3n) is 1.30. The average Bonchev–Trinajstić information content (AvgIpc) is 2.14. The van der Waals surface area contributed by atoms with Crippen LogP contribution in [0.2, 0.25) is 0 Å². The van der Waals surface area contributed by atoms with Gasteiger partial charge in [-0.3, -0.25) is 4.79 Å². The Balaban J connectivity index is 4.32. The second kappa shape index (κ2) is 5.46. The molecule has 8 nitrogen and oxygen atoms in total. The van der Waals surface area contributed by atoms with Gasteiger partial charge in [0.25, 0.3) is 0 Å². The van der Waals surface area contributed by atoms with E-state index in [-0.39, 0.29) is 0 Å². The summed E-state index contributed by atoms with van der Waals surface area (Å²) in [5, 5.41) is 37.4. The van der Waals surface area contributed by atoms with Crippen LogP contribution in [0.3, 0.4) is 0 Å². The van der Waals surface area contributed by atoms with Crippen LogP contribution in [0.4, 0.5) is 0 Å². The Morgan fingerprint density at radius 3 is 2.38 bits per heavy atom. The van der Waals surface area contributed by atoms with Crippen LogP contribution in [-0.4, -0.2) is 51.3 Å². The molecule has 0 fully saturated rings. The van der Waals surface area contributed by atoms with Crippen molar-refractivity contribution in [3.05, 3.63) is 10.4 Å². The van der Waals surface area contributed by atoms with Crippen molar-refractivity contribution in [2.45, 2.75) is 18.3 Å². The number of hydrogen-bond donors (Lipinski definition) is 4. The van der Waals surface area contributed by atoms with Crippen molar-refractivity contribution in [2.75, 3.05) is 6.61 Å². The zero-order chi connectivity index (χ0) is 10.4. The molecular weight excluding hydrogens is 182 g/mol. The highest BCUT2D eigenvalue weighted by Crippen LogP contribution is 2.01. The Morgan fingerprint density at radius 2 is 2.00 bits per heavy atom. The average molecular weight is 191 g/mol. The third-order valence-corrected chi connectivity index (χ3v) is 1.30. The van der Waals surface area contributed by atoms with Crippen LogP contribution in [0.15, 0.2) is 5.11 Å². The van der Waals surface area contributed by atoms with Gasteiger partial charge in [0, 0.05) is 4.91 Å². The zero-order valence-electron chi connectivity index (χ0n) is 6.48. The number of amides is 1. The molecule has 0 rings (SSSR count). The Labute approximate surface area is 72.7 Å². The van der Waals surface area contributed by atoms with E-state index in [9.17, 15) is 4.79 Å². The van der Waals surface area contributed by atoms with Crippen LogP contribution in [-0.2, 0) is 4.79 Å². The van der Waals surface area contributed by atoms with Gasteiger partial charge in [-0.25, -0.2) is 0 Å². The lowest BCUT2D eigenvalue weighted by molar-refractivity contribution is -0.139. The van der Waals surface area contributed by atoms with Gasteiger partial charge in [-0.1, -0.05) is 0 Å². The lowest BCUT2D eigenvalue weighted by Crippen LogP contribution is -2.43. The quantitative estimate of drug-likeness (QED) is 0.228.